The first-order valence-electron chi connectivity index (χ1n) is 14.0. The van der Waals surface area contributed by atoms with Gasteiger partial charge < -0.3 is 14.5 Å². The van der Waals surface area contributed by atoms with Crippen LogP contribution in [0.25, 0.3) is 0 Å². The summed E-state index contributed by atoms with van der Waals surface area (Å²) in [5.74, 6) is 0.256. The van der Waals surface area contributed by atoms with Crippen LogP contribution in [0.15, 0.2) is 30.3 Å². The molecule has 1 aromatic heterocycles. The number of hydrogen-bond donors (Lipinski definition) is 1. The van der Waals surface area contributed by atoms with Crippen LogP contribution in [0.4, 0.5) is 0 Å². The Hall–Kier alpha value is -3.26. The van der Waals surface area contributed by atoms with E-state index in [0.717, 1.165) is 81.8 Å². The van der Waals surface area contributed by atoms with E-state index < -0.39 is 6.04 Å². The predicted molar refractivity (Wildman–Crippen MR) is 142 cm³/mol. The van der Waals surface area contributed by atoms with Crippen molar-refractivity contribution < 1.29 is 19.1 Å². The molecule has 8 nitrogen and oxygen atoms in total. The zero-order valence-corrected chi connectivity index (χ0v) is 22.1. The summed E-state index contributed by atoms with van der Waals surface area (Å²) in [6.07, 6.45) is 7.18. The minimum absolute atomic E-state index is 0.0880. The van der Waals surface area contributed by atoms with Crippen molar-refractivity contribution in [2.75, 3.05) is 26.2 Å². The molecule has 4 aliphatic heterocycles. The SMILES string of the molecule is Cc1ccc2c(n1)C1(CCN(CCCCCc3cccc4c3CN(C3CCC(=O)NC3=O)C4=O)CC1)CO2. The molecular weight excluding hydrogens is 480 g/mol. The van der Waals surface area contributed by atoms with E-state index in [1.807, 2.05) is 18.2 Å². The molecule has 1 spiro atoms. The van der Waals surface area contributed by atoms with E-state index >= 15 is 0 Å². The van der Waals surface area contributed by atoms with Crippen LogP contribution in [-0.2, 0) is 28.0 Å². The van der Waals surface area contributed by atoms with Crippen molar-refractivity contribution in [1.29, 1.82) is 0 Å². The number of carbonyl (C=O) groups excluding carboxylic acids is 3. The lowest BCUT2D eigenvalue weighted by molar-refractivity contribution is -0.136. The number of amides is 3. The highest BCUT2D eigenvalue weighted by atomic mass is 16.5. The van der Waals surface area contributed by atoms with Crippen LogP contribution < -0.4 is 10.1 Å². The summed E-state index contributed by atoms with van der Waals surface area (Å²) < 4.78 is 5.99. The van der Waals surface area contributed by atoms with Crippen molar-refractivity contribution in [2.24, 2.45) is 0 Å². The number of fused-ring (bicyclic) bond motifs is 3. The van der Waals surface area contributed by atoms with Crippen molar-refractivity contribution >= 4 is 17.7 Å². The van der Waals surface area contributed by atoms with Crippen molar-refractivity contribution in [1.82, 2.24) is 20.1 Å². The molecule has 1 N–H and O–H groups in total. The summed E-state index contributed by atoms with van der Waals surface area (Å²) in [6, 6.07) is 9.47. The molecule has 2 aromatic rings. The summed E-state index contributed by atoms with van der Waals surface area (Å²) in [5.41, 5.74) is 5.27. The second kappa shape index (κ2) is 10.1. The summed E-state index contributed by atoms with van der Waals surface area (Å²) in [5, 5.41) is 2.38. The second-order valence-corrected chi connectivity index (χ2v) is 11.4. The predicted octanol–water partition coefficient (Wildman–Crippen LogP) is 3.29. The molecule has 3 amide bonds. The van der Waals surface area contributed by atoms with E-state index in [4.69, 9.17) is 9.72 Å². The van der Waals surface area contributed by atoms with Gasteiger partial charge in [0, 0.05) is 24.2 Å². The van der Waals surface area contributed by atoms with Gasteiger partial charge in [-0.3, -0.25) is 24.7 Å². The third-order valence-electron chi connectivity index (χ3n) is 8.92. The van der Waals surface area contributed by atoms with Gasteiger partial charge in [0.15, 0.2) is 0 Å². The lowest BCUT2D eigenvalue weighted by Gasteiger charge is -2.38. The number of likely N-dealkylation sites (tertiary alicyclic amines) is 1. The third kappa shape index (κ3) is 4.59. The zero-order chi connectivity index (χ0) is 26.3. The number of piperidine rings is 2. The Bertz CT molecular complexity index is 1270. The van der Waals surface area contributed by atoms with Crippen LogP contribution in [0.2, 0.25) is 0 Å². The first-order valence-corrected chi connectivity index (χ1v) is 14.0. The standard InChI is InChI=1S/C30H36N4O4/c1-20-9-11-25-27(31-20)30(19-38-25)13-16-33(17-14-30)15-4-2-3-6-21-7-5-8-22-23(21)18-34(29(22)37)24-10-12-26(35)32-28(24)36/h5,7-9,11,24H,2-4,6,10,12-19H2,1H3,(H,32,35,36). The van der Waals surface area contributed by atoms with E-state index in [9.17, 15) is 14.4 Å². The van der Waals surface area contributed by atoms with E-state index in [1.165, 1.54) is 11.3 Å². The molecule has 38 heavy (non-hydrogen) atoms. The number of nitrogens with zero attached hydrogens (tertiary/aromatic N) is 3. The number of imide groups is 1. The highest BCUT2D eigenvalue weighted by molar-refractivity contribution is 6.05. The molecule has 2 saturated heterocycles. The summed E-state index contributed by atoms with van der Waals surface area (Å²) in [4.78, 5) is 46.0. The van der Waals surface area contributed by atoms with Crippen molar-refractivity contribution in [2.45, 2.75) is 76.3 Å². The van der Waals surface area contributed by atoms with Crippen LogP contribution >= 0.6 is 0 Å². The second-order valence-electron chi connectivity index (χ2n) is 11.4. The number of aromatic nitrogens is 1. The molecule has 2 fully saturated rings. The molecule has 5 heterocycles. The molecule has 0 aliphatic carbocycles. The van der Waals surface area contributed by atoms with Gasteiger partial charge in [-0.15, -0.1) is 0 Å². The van der Waals surface area contributed by atoms with Gasteiger partial charge in [0.05, 0.1) is 17.7 Å². The van der Waals surface area contributed by atoms with Gasteiger partial charge >= 0.3 is 0 Å². The Morgan fingerprint density at radius 3 is 2.74 bits per heavy atom. The van der Waals surface area contributed by atoms with E-state index in [1.54, 1.807) is 4.90 Å². The number of nitrogens with one attached hydrogen (secondary N) is 1. The van der Waals surface area contributed by atoms with Crippen LogP contribution in [0, 0.1) is 6.92 Å². The van der Waals surface area contributed by atoms with Gasteiger partial charge in [-0.2, -0.15) is 0 Å². The Morgan fingerprint density at radius 2 is 1.92 bits per heavy atom. The molecule has 1 atom stereocenters. The van der Waals surface area contributed by atoms with Crippen molar-refractivity contribution in [3.8, 4) is 5.75 Å². The fourth-order valence-corrected chi connectivity index (χ4v) is 6.62. The maximum absolute atomic E-state index is 13.0. The Labute approximate surface area is 223 Å². The van der Waals surface area contributed by atoms with Gasteiger partial charge in [-0.05, 0) is 94.4 Å². The first kappa shape index (κ1) is 25.0. The average molecular weight is 517 g/mol. The molecule has 200 valence electrons. The number of rotatable bonds is 7. The molecule has 6 rings (SSSR count). The highest BCUT2D eigenvalue weighted by Gasteiger charge is 2.44. The summed E-state index contributed by atoms with van der Waals surface area (Å²) in [6.45, 7) is 6.55. The van der Waals surface area contributed by atoms with Gasteiger partial charge in [-0.25, -0.2) is 0 Å². The fourth-order valence-electron chi connectivity index (χ4n) is 6.62. The summed E-state index contributed by atoms with van der Waals surface area (Å²) >= 11 is 0. The molecule has 4 aliphatic rings. The topological polar surface area (TPSA) is 91.8 Å². The quantitative estimate of drug-likeness (QED) is 0.449. The maximum Gasteiger partial charge on any atom is 0.255 e. The Morgan fingerprint density at radius 1 is 1.08 bits per heavy atom. The van der Waals surface area contributed by atoms with Crippen LogP contribution in [0.5, 0.6) is 5.75 Å². The Kier molecular flexibility index (Phi) is 6.68. The molecule has 1 aromatic carbocycles. The van der Waals surface area contributed by atoms with E-state index in [0.29, 0.717) is 18.5 Å². The average Bonchev–Trinajstić information content (AvgIpc) is 3.43. The number of benzene rings is 1. The maximum atomic E-state index is 13.0. The normalized spacial score (nSPS) is 22.4. The Balaban J connectivity index is 0.974. The van der Waals surface area contributed by atoms with Crippen molar-refractivity contribution in [3.05, 3.63) is 58.4 Å². The smallest absolute Gasteiger partial charge is 0.255 e. The molecular formula is C30H36N4O4. The third-order valence-corrected chi connectivity index (χ3v) is 8.92. The van der Waals surface area contributed by atoms with Gasteiger partial charge in [0.25, 0.3) is 5.91 Å². The van der Waals surface area contributed by atoms with Crippen LogP contribution in [0.3, 0.4) is 0 Å². The molecule has 0 bridgehead atoms. The minimum Gasteiger partial charge on any atom is -0.491 e. The van der Waals surface area contributed by atoms with Gasteiger partial charge in [0.2, 0.25) is 11.8 Å². The van der Waals surface area contributed by atoms with E-state index in [2.05, 4.69) is 29.3 Å². The zero-order valence-electron chi connectivity index (χ0n) is 22.1. The lowest BCUT2D eigenvalue weighted by Crippen LogP contribution is -2.52. The fraction of sp³-hybridized carbons (Fsp3) is 0.533. The summed E-state index contributed by atoms with van der Waals surface area (Å²) in [7, 11) is 0. The monoisotopic (exact) mass is 516 g/mol. The van der Waals surface area contributed by atoms with Gasteiger partial charge in [-0.1, -0.05) is 18.6 Å². The number of aryl methyl sites for hydroxylation is 2. The number of pyridine rings is 1. The van der Waals surface area contributed by atoms with Crippen LogP contribution in [-0.4, -0.2) is 64.8 Å². The highest BCUT2D eigenvalue weighted by Crippen LogP contribution is 2.44. The molecule has 1 unspecified atom stereocenters. The molecule has 8 heteroatoms. The lowest BCUT2D eigenvalue weighted by atomic mass is 9.77. The largest absolute Gasteiger partial charge is 0.491 e. The van der Waals surface area contributed by atoms with Crippen LogP contribution in [0.1, 0.15) is 77.8 Å². The minimum atomic E-state index is -0.562. The number of carbonyl (C=O) groups is 3. The molecule has 0 saturated carbocycles. The van der Waals surface area contributed by atoms with Crippen molar-refractivity contribution in [3.63, 3.8) is 0 Å². The van der Waals surface area contributed by atoms with Gasteiger partial charge in [0.1, 0.15) is 11.8 Å². The molecule has 0 radical (unpaired) electrons. The number of unbranched alkanes of at least 4 members (excludes halogenated alkanes) is 2. The first-order chi connectivity index (χ1) is 18.4. The van der Waals surface area contributed by atoms with E-state index in [-0.39, 0.29) is 29.6 Å². The number of hydrogen-bond acceptors (Lipinski definition) is 6. The number of ether oxygens (including phenoxy) is 1.